The molecule has 0 bridgehead atoms. The van der Waals surface area contributed by atoms with Gasteiger partial charge in [-0.15, -0.1) is 0 Å². The summed E-state index contributed by atoms with van der Waals surface area (Å²) in [7, 11) is 0. The lowest BCUT2D eigenvalue weighted by atomic mass is 9.87. The second-order valence-corrected chi connectivity index (χ2v) is 5.76. The largest absolute Gasteiger partial charge is 0.340 e. The number of carbonyl (C=O) groups excluding carboxylic acids is 2. The Morgan fingerprint density at radius 1 is 1.29 bits per heavy atom. The maximum absolute atomic E-state index is 12.8. The van der Waals surface area contributed by atoms with E-state index < -0.39 is 11.6 Å². The minimum absolute atomic E-state index is 0.00102. The van der Waals surface area contributed by atoms with E-state index in [0.29, 0.717) is 19.4 Å². The summed E-state index contributed by atoms with van der Waals surface area (Å²) >= 11 is 0. The number of carbonyl (C=O) groups is 2. The lowest BCUT2D eigenvalue weighted by Gasteiger charge is -2.44. The van der Waals surface area contributed by atoms with Gasteiger partial charge in [0.25, 0.3) is 0 Å². The number of hydrogen-bond donors (Lipinski definition) is 1. The zero-order valence-corrected chi connectivity index (χ0v) is 13.1. The minimum atomic E-state index is -0.763. The first-order chi connectivity index (χ1) is 9.93. The lowest BCUT2D eigenvalue weighted by Crippen LogP contribution is -2.69. The Bertz CT molecular complexity index is 552. The van der Waals surface area contributed by atoms with Crippen molar-refractivity contribution in [3.63, 3.8) is 0 Å². The van der Waals surface area contributed by atoms with Crippen molar-refractivity contribution >= 4 is 11.8 Å². The third-order valence-corrected chi connectivity index (χ3v) is 4.37. The molecular weight excluding hydrogens is 266 g/mol. The van der Waals surface area contributed by atoms with Crippen molar-refractivity contribution in [2.45, 2.75) is 58.7 Å². The molecule has 0 aromatic carbocycles. The van der Waals surface area contributed by atoms with Crippen LogP contribution >= 0.6 is 0 Å². The molecule has 1 aliphatic heterocycles. The van der Waals surface area contributed by atoms with Gasteiger partial charge in [-0.3, -0.25) is 14.6 Å². The molecule has 1 N–H and O–H groups in total. The van der Waals surface area contributed by atoms with Gasteiger partial charge in [0.1, 0.15) is 11.6 Å². The van der Waals surface area contributed by atoms with E-state index in [9.17, 15) is 9.59 Å². The highest BCUT2D eigenvalue weighted by molar-refractivity contribution is 5.99. The van der Waals surface area contributed by atoms with Crippen LogP contribution in [0.4, 0.5) is 0 Å². The molecule has 5 heteroatoms. The van der Waals surface area contributed by atoms with Crippen LogP contribution in [-0.4, -0.2) is 33.3 Å². The Labute approximate surface area is 125 Å². The van der Waals surface area contributed by atoms with Crippen LogP contribution in [0, 0.1) is 6.92 Å². The fourth-order valence-electron chi connectivity index (χ4n) is 2.82. The van der Waals surface area contributed by atoms with Gasteiger partial charge in [0.15, 0.2) is 0 Å². The second-order valence-electron chi connectivity index (χ2n) is 5.76. The van der Waals surface area contributed by atoms with Crippen molar-refractivity contribution in [1.82, 2.24) is 15.2 Å². The molecule has 2 amide bonds. The summed E-state index contributed by atoms with van der Waals surface area (Å²) in [4.78, 5) is 30.9. The number of aromatic nitrogens is 1. The van der Waals surface area contributed by atoms with Crippen LogP contribution in [0.2, 0.25) is 0 Å². The summed E-state index contributed by atoms with van der Waals surface area (Å²) in [6, 6.07) is 1.54. The first kappa shape index (κ1) is 15.5. The first-order valence-corrected chi connectivity index (χ1v) is 7.47. The topological polar surface area (TPSA) is 62.3 Å². The van der Waals surface area contributed by atoms with Crippen molar-refractivity contribution in [3.05, 3.63) is 29.6 Å². The number of aryl methyl sites for hydroxylation is 1. The van der Waals surface area contributed by atoms with Crippen LogP contribution < -0.4 is 5.32 Å². The molecule has 1 aromatic rings. The highest BCUT2D eigenvalue weighted by atomic mass is 16.2. The Balaban J connectivity index is 2.31. The predicted molar refractivity (Wildman–Crippen MR) is 80.4 cm³/mol. The summed E-state index contributed by atoms with van der Waals surface area (Å²) in [5.41, 5.74) is 1.23. The average molecular weight is 289 g/mol. The summed E-state index contributed by atoms with van der Waals surface area (Å²) in [6.45, 7) is 8.02. The summed E-state index contributed by atoms with van der Waals surface area (Å²) in [5, 5.41) is 2.91. The highest BCUT2D eigenvalue weighted by Gasteiger charge is 2.47. The van der Waals surface area contributed by atoms with Crippen molar-refractivity contribution in [2.75, 3.05) is 0 Å². The summed E-state index contributed by atoms with van der Waals surface area (Å²) in [6.07, 6.45) is 4.73. The van der Waals surface area contributed by atoms with Gasteiger partial charge in [-0.05, 0) is 37.8 Å². The molecule has 21 heavy (non-hydrogen) atoms. The number of hydrogen-bond acceptors (Lipinski definition) is 3. The minimum Gasteiger partial charge on any atom is -0.340 e. The molecule has 2 heterocycles. The van der Waals surface area contributed by atoms with Gasteiger partial charge >= 0.3 is 0 Å². The molecule has 1 aromatic heterocycles. The van der Waals surface area contributed by atoms with E-state index in [0.717, 1.165) is 11.1 Å². The molecule has 0 radical (unpaired) electrons. The van der Waals surface area contributed by atoms with E-state index in [1.54, 1.807) is 24.2 Å². The van der Waals surface area contributed by atoms with Crippen molar-refractivity contribution in [1.29, 1.82) is 0 Å². The van der Waals surface area contributed by atoms with E-state index in [4.69, 9.17) is 0 Å². The molecule has 0 spiro atoms. The smallest absolute Gasteiger partial charge is 0.249 e. The van der Waals surface area contributed by atoms with Gasteiger partial charge < -0.3 is 10.2 Å². The van der Waals surface area contributed by atoms with Crippen molar-refractivity contribution < 1.29 is 9.59 Å². The third kappa shape index (κ3) is 2.77. The van der Waals surface area contributed by atoms with E-state index in [1.165, 1.54) is 0 Å². The van der Waals surface area contributed by atoms with Crippen LogP contribution in [-0.2, 0) is 16.1 Å². The monoisotopic (exact) mass is 289 g/mol. The molecule has 1 saturated heterocycles. The first-order valence-electron chi connectivity index (χ1n) is 7.47. The van der Waals surface area contributed by atoms with E-state index in [-0.39, 0.29) is 11.8 Å². The number of amides is 2. The predicted octanol–water partition coefficient (Wildman–Crippen LogP) is 1.80. The molecule has 1 unspecified atom stereocenters. The van der Waals surface area contributed by atoms with Gasteiger partial charge in [-0.25, -0.2) is 0 Å². The molecular formula is C16H23N3O2. The van der Waals surface area contributed by atoms with Gasteiger partial charge in [-0.1, -0.05) is 19.9 Å². The standard InChI is InChI=1S/C16H23N3O2/c1-5-16(6-2)15(21)19(12(4)14(20)18-16)10-13-7-11(3)8-17-9-13/h7-9,12H,5-6,10H2,1-4H3,(H,18,20). The van der Waals surface area contributed by atoms with E-state index >= 15 is 0 Å². The van der Waals surface area contributed by atoms with Gasteiger partial charge in [-0.2, -0.15) is 0 Å². The molecule has 114 valence electrons. The average Bonchev–Trinajstić information content (AvgIpc) is 2.48. The molecule has 0 saturated carbocycles. The zero-order valence-electron chi connectivity index (χ0n) is 13.1. The van der Waals surface area contributed by atoms with Gasteiger partial charge in [0.05, 0.1) is 0 Å². The lowest BCUT2D eigenvalue weighted by molar-refractivity contribution is -0.155. The Hall–Kier alpha value is -1.91. The van der Waals surface area contributed by atoms with E-state index in [2.05, 4.69) is 10.3 Å². The number of nitrogens with one attached hydrogen (secondary N) is 1. The molecule has 0 aliphatic carbocycles. The molecule has 1 atom stereocenters. The number of pyridine rings is 1. The normalized spacial score (nSPS) is 21.3. The van der Waals surface area contributed by atoms with Gasteiger partial charge in [0, 0.05) is 18.9 Å². The van der Waals surface area contributed by atoms with E-state index in [1.807, 2.05) is 26.8 Å². The quantitative estimate of drug-likeness (QED) is 0.919. The maximum Gasteiger partial charge on any atom is 0.249 e. The van der Waals surface area contributed by atoms with Crippen LogP contribution in [0.25, 0.3) is 0 Å². The number of rotatable bonds is 4. The summed E-state index contributed by atoms with van der Waals surface area (Å²) < 4.78 is 0. The van der Waals surface area contributed by atoms with Crippen LogP contribution in [0.1, 0.15) is 44.7 Å². The summed E-state index contributed by atoms with van der Waals surface area (Å²) in [5.74, 6) is -0.0833. The molecule has 1 fully saturated rings. The zero-order chi connectivity index (χ0) is 15.6. The maximum atomic E-state index is 12.8. The molecule has 2 rings (SSSR count). The van der Waals surface area contributed by atoms with Gasteiger partial charge in [0.2, 0.25) is 11.8 Å². The number of nitrogens with zero attached hydrogens (tertiary/aromatic N) is 2. The second kappa shape index (κ2) is 5.84. The third-order valence-electron chi connectivity index (χ3n) is 4.37. The fraction of sp³-hybridized carbons (Fsp3) is 0.562. The highest BCUT2D eigenvalue weighted by Crippen LogP contribution is 2.26. The van der Waals surface area contributed by atoms with Crippen LogP contribution in [0.5, 0.6) is 0 Å². The fourth-order valence-corrected chi connectivity index (χ4v) is 2.82. The van der Waals surface area contributed by atoms with Crippen molar-refractivity contribution in [3.8, 4) is 0 Å². The molecule has 5 nitrogen and oxygen atoms in total. The Kier molecular flexibility index (Phi) is 4.30. The van der Waals surface area contributed by atoms with Crippen LogP contribution in [0.3, 0.4) is 0 Å². The number of piperazine rings is 1. The van der Waals surface area contributed by atoms with Crippen molar-refractivity contribution in [2.24, 2.45) is 0 Å². The Morgan fingerprint density at radius 3 is 2.52 bits per heavy atom. The molecule has 1 aliphatic rings. The SMILES string of the molecule is CCC1(CC)NC(=O)C(C)N(Cc2cncc(C)c2)C1=O. The Morgan fingerprint density at radius 2 is 1.95 bits per heavy atom. The van der Waals surface area contributed by atoms with Crippen LogP contribution in [0.15, 0.2) is 18.5 Å².